The third kappa shape index (κ3) is 2.43. The van der Waals surface area contributed by atoms with Crippen LogP contribution >= 0.6 is 11.6 Å². The number of carbonyl (C=O) groups is 1. The molecule has 1 aromatic heterocycles. The number of anilines is 2. The van der Waals surface area contributed by atoms with Gasteiger partial charge in [-0.25, -0.2) is 9.78 Å². The van der Waals surface area contributed by atoms with Gasteiger partial charge < -0.3 is 5.73 Å². The highest BCUT2D eigenvalue weighted by Crippen LogP contribution is 2.28. The summed E-state index contributed by atoms with van der Waals surface area (Å²) >= 11 is 5.83. The zero-order chi connectivity index (χ0) is 13.1. The molecule has 92 valence electrons. The van der Waals surface area contributed by atoms with Crippen LogP contribution < -0.4 is 10.6 Å². The van der Waals surface area contributed by atoms with Gasteiger partial charge in [-0.3, -0.25) is 4.90 Å². The monoisotopic (exact) mass is 261 g/mol. The number of amides is 2. The number of hydrogen-bond donors (Lipinski definition) is 1. The van der Waals surface area contributed by atoms with Crippen molar-refractivity contribution >= 4 is 29.0 Å². The summed E-state index contributed by atoms with van der Waals surface area (Å²) in [6.45, 7) is 1.91. The molecular formula is C13H12ClN3O. The van der Waals surface area contributed by atoms with Gasteiger partial charge >= 0.3 is 6.03 Å². The third-order valence-electron chi connectivity index (χ3n) is 2.55. The number of aromatic nitrogens is 1. The summed E-state index contributed by atoms with van der Waals surface area (Å²) in [5, 5.41) is 0.312. The molecule has 0 aliphatic rings. The van der Waals surface area contributed by atoms with E-state index in [9.17, 15) is 4.79 Å². The highest BCUT2D eigenvalue weighted by Gasteiger charge is 2.16. The van der Waals surface area contributed by atoms with E-state index in [0.717, 1.165) is 11.3 Å². The van der Waals surface area contributed by atoms with E-state index in [1.54, 1.807) is 12.1 Å². The molecule has 0 aliphatic carbocycles. The molecule has 1 aromatic carbocycles. The molecule has 0 saturated carbocycles. The summed E-state index contributed by atoms with van der Waals surface area (Å²) in [4.78, 5) is 16.9. The van der Waals surface area contributed by atoms with Gasteiger partial charge in [-0.1, -0.05) is 29.8 Å². The number of pyridine rings is 1. The van der Waals surface area contributed by atoms with Gasteiger partial charge in [0.25, 0.3) is 0 Å². The Hall–Kier alpha value is -2.07. The molecular weight excluding hydrogens is 250 g/mol. The Morgan fingerprint density at radius 1 is 1.33 bits per heavy atom. The Balaban J connectivity index is 2.54. The van der Waals surface area contributed by atoms with Gasteiger partial charge in [-0.05, 0) is 30.7 Å². The summed E-state index contributed by atoms with van der Waals surface area (Å²) in [7, 11) is 0. The van der Waals surface area contributed by atoms with E-state index in [2.05, 4.69) is 4.98 Å². The molecule has 2 aromatic rings. The van der Waals surface area contributed by atoms with Gasteiger partial charge in [0.2, 0.25) is 0 Å². The second kappa shape index (κ2) is 5.06. The smallest absolute Gasteiger partial charge is 0.323 e. The molecule has 1 heterocycles. The van der Waals surface area contributed by atoms with Crippen molar-refractivity contribution in [1.29, 1.82) is 0 Å². The molecule has 0 atom stereocenters. The second-order valence-corrected chi connectivity index (χ2v) is 4.18. The average molecular weight is 262 g/mol. The number of carbonyl (C=O) groups excluding carboxylic acids is 1. The molecule has 0 aliphatic heterocycles. The number of rotatable bonds is 2. The summed E-state index contributed by atoms with van der Waals surface area (Å²) in [5.41, 5.74) is 7.71. The maximum atomic E-state index is 11.6. The number of primary amides is 1. The highest BCUT2D eigenvalue weighted by molar-refractivity contribution is 6.29. The summed E-state index contributed by atoms with van der Waals surface area (Å²) < 4.78 is 0. The topological polar surface area (TPSA) is 59.2 Å². The molecule has 18 heavy (non-hydrogen) atoms. The highest BCUT2D eigenvalue weighted by atomic mass is 35.5. The first-order valence-corrected chi connectivity index (χ1v) is 5.74. The zero-order valence-electron chi connectivity index (χ0n) is 9.80. The Bertz CT molecular complexity index is 586. The lowest BCUT2D eigenvalue weighted by atomic mass is 10.1. The molecule has 0 radical (unpaired) electrons. The van der Waals surface area contributed by atoms with Crippen LogP contribution in [-0.4, -0.2) is 11.0 Å². The van der Waals surface area contributed by atoms with E-state index >= 15 is 0 Å². The van der Waals surface area contributed by atoms with E-state index < -0.39 is 6.03 Å². The molecule has 4 nitrogen and oxygen atoms in total. The predicted octanol–water partition coefficient (Wildman–Crippen LogP) is 3.26. The number of benzene rings is 1. The fraction of sp³-hybridized carbons (Fsp3) is 0.0769. The van der Waals surface area contributed by atoms with Crippen molar-refractivity contribution < 1.29 is 4.79 Å². The minimum atomic E-state index is -0.563. The van der Waals surface area contributed by atoms with Crippen LogP contribution in [0.5, 0.6) is 0 Å². The van der Waals surface area contributed by atoms with Crippen molar-refractivity contribution in [2.24, 2.45) is 5.73 Å². The fourth-order valence-electron chi connectivity index (χ4n) is 1.73. The van der Waals surface area contributed by atoms with Crippen molar-refractivity contribution in [3.05, 3.63) is 53.3 Å². The number of aryl methyl sites for hydroxylation is 1. The number of hydrogen-bond acceptors (Lipinski definition) is 2. The van der Waals surface area contributed by atoms with Gasteiger partial charge in [0.05, 0.1) is 11.4 Å². The zero-order valence-corrected chi connectivity index (χ0v) is 10.6. The van der Waals surface area contributed by atoms with Crippen LogP contribution in [0.4, 0.5) is 16.2 Å². The van der Waals surface area contributed by atoms with Crippen LogP contribution in [0, 0.1) is 6.92 Å². The third-order valence-corrected chi connectivity index (χ3v) is 2.75. The minimum absolute atomic E-state index is 0.312. The van der Waals surface area contributed by atoms with E-state index in [0.29, 0.717) is 10.8 Å². The van der Waals surface area contributed by atoms with Gasteiger partial charge in [0.15, 0.2) is 0 Å². The lowest BCUT2D eigenvalue weighted by Gasteiger charge is -2.22. The SMILES string of the molecule is Cc1ccccc1N(C(N)=O)c1ccnc(Cl)c1. The maximum absolute atomic E-state index is 11.6. The first-order valence-electron chi connectivity index (χ1n) is 5.36. The molecule has 0 fully saturated rings. The number of nitrogens with zero attached hydrogens (tertiary/aromatic N) is 2. The molecule has 2 rings (SSSR count). The van der Waals surface area contributed by atoms with Crippen molar-refractivity contribution in [3.8, 4) is 0 Å². The van der Waals surface area contributed by atoms with E-state index in [-0.39, 0.29) is 0 Å². The van der Waals surface area contributed by atoms with E-state index in [4.69, 9.17) is 17.3 Å². The van der Waals surface area contributed by atoms with Crippen LogP contribution in [0.2, 0.25) is 5.15 Å². The van der Waals surface area contributed by atoms with Gasteiger partial charge in [-0.15, -0.1) is 0 Å². The molecule has 5 heteroatoms. The van der Waals surface area contributed by atoms with Crippen molar-refractivity contribution in [3.63, 3.8) is 0 Å². The van der Waals surface area contributed by atoms with Gasteiger partial charge in [0.1, 0.15) is 5.15 Å². The first-order chi connectivity index (χ1) is 8.59. The number of halogens is 1. The average Bonchev–Trinajstić information content (AvgIpc) is 2.32. The van der Waals surface area contributed by atoms with Gasteiger partial charge in [0, 0.05) is 6.20 Å². The second-order valence-electron chi connectivity index (χ2n) is 3.80. The predicted molar refractivity (Wildman–Crippen MR) is 72.1 cm³/mol. The van der Waals surface area contributed by atoms with Crippen molar-refractivity contribution in [2.45, 2.75) is 6.92 Å². The Morgan fingerprint density at radius 2 is 2.06 bits per heavy atom. The molecule has 2 N–H and O–H groups in total. The van der Waals surface area contributed by atoms with E-state index in [1.807, 2.05) is 31.2 Å². The Morgan fingerprint density at radius 3 is 2.67 bits per heavy atom. The summed E-state index contributed by atoms with van der Waals surface area (Å²) in [6, 6.07) is 10.2. The normalized spacial score (nSPS) is 10.1. The van der Waals surface area contributed by atoms with Crippen LogP contribution in [-0.2, 0) is 0 Å². The summed E-state index contributed by atoms with van der Waals surface area (Å²) in [6.07, 6.45) is 1.53. The first kappa shape index (κ1) is 12.4. The molecule has 2 amide bonds. The molecule has 0 unspecified atom stereocenters. The van der Waals surface area contributed by atoms with Crippen LogP contribution in [0.15, 0.2) is 42.6 Å². The molecule has 0 bridgehead atoms. The van der Waals surface area contributed by atoms with E-state index in [1.165, 1.54) is 11.1 Å². The molecule has 0 spiro atoms. The van der Waals surface area contributed by atoms with Gasteiger partial charge in [-0.2, -0.15) is 0 Å². The Labute approximate surface area is 110 Å². The largest absolute Gasteiger partial charge is 0.351 e. The molecule has 0 saturated heterocycles. The Kier molecular flexibility index (Phi) is 3.48. The van der Waals surface area contributed by atoms with Crippen LogP contribution in [0.3, 0.4) is 0 Å². The lowest BCUT2D eigenvalue weighted by Crippen LogP contribution is -2.31. The summed E-state index contributed by atoms with van der Waals surface area (Å²) in [5.74, 6) is 0. The number of nitrogens with two attached hydrogens (primary N) is 1. The fourth-order valence-corrected chi connectivity index (χ4v) is 1.90. The van der Waals surface area contributed by atoms with Crippen LogP contribution in [0.1, 0.15) is 5.56 Å². The quantitative estimate of drug-likeness (QED) is 0.844. The maximum Gasteiger partial charge on any atom is 0.323 e. The minimum Gasteiger partial charge on any atom is -0.351 e. The lowest BCUT2D eigenvalue weighted by molar-refractivity contribution is 0.256. The standard InChI is InChI=1S/C13H12ClN3O/c1-9-4-2-3-5-11(9)17(13(15)18)10-6-7-16-12(14)8-10/h2-8H,1H3,(H2,15,18). The van der Waals surface area contributed by atoms with Crippen LogP contribution in [0.25, 0.3) is 0 Å². The van der Waals surface area contributed by atoms with Crippen molar-refractivity contribution in [1.82, 2.24) is 4.98 Å². The van der Waals surface area contributed by atoms with Crippen molar-refractivity contribution in [2.75, 3.05) is 4.90 Å². The number of para-hydroxylation sites is 1. The number of urea groups is 1.